The zero-order chi connectivity index (χ0) is 15.9. The minimum absolute atomic E-state index is 0.0828. The van der Waals surface area contributed by atoms with Gasteiger partial charge in [-0.05, 0) is 33.1 Å². The summed E-state index contributed by atoms with van der Waals surface area (Å²) in [6, 6.07) is 0. The molecule has 6 nitrogen and oxygen atoms in total. The first-order chi connectivity index (χ1) is 10.7. The van der Waals surface area contributed by atoms with E-state index in [9.17, 15) is 4.79 Å². The van der Waals surface area contributed by atoms with Crippen molar-refractivity contribution in [3.8, 4) is 0 Å². The fourth-order valence-electron chi connectivity index (χ4n) is 2.84. The van der Waals surface area contributed by atoms with E-state index in [0.29, 0.717) is 12.5 Å². The van der Waals surface area contributed by atoms with Gasteiger partial charge in [0.05, 0.1) is 6.61 Å². The molecule has 0 N–H and O–H groups in total. The molecular weight excluding hydrogens is 280 g/mol. The molecule has 0 saturated carbocycles. The molecule has 1 aromatic rings. The maximum absolute atomic E-state index is 12.4. The number of carbonyl (C=O) groups excluding carboxylic acids is 1. The summed E-state index contributed by atoms with van der Waals surface area (Å²) in [5.41, 5.74) is 0. The first-order valence-corrected chi connectivity index (χ1v) is 8.06. The number of hydrogen-bond acceptors (Lipinski definition) is 4. The topological polar surface area (TPSA) is 60.2 Å². The van der Waals surface area contributed by atoms with Crippen LogP contribution in [0.5, 0.6) is 0 Å². The summed E-state index contributed by atoms with van der Waals surface area (Å²) in [6.07, 6.45) is 5.84. The Hall–Kier alpha value is -1.69. The number of likely N-dealkylation sites (tertiary alicyclic amines) is 1. The fourth-order valence-corrected chi connectivity index (χ4v) is 2.84. The number of amides is 1. The van der Waals surface area contributed by atoms with E-state index in [1.165, 1.54) is 0 Å². The minimum atomic E-state index is -0.379. The van der Waals surface area contributed by atoms with Gasteiger partial charge in [-0.15, -0.1) is 16.8 Å². The van der Waals surface area contributed by atoms with Gasteiger partial charge < -0.3 is 14.2 Å². The van der Waals surface area contributed by atoms with Crippen molar-refractivity contribution < 1.29 is 9.53 Å². The van der Waals surface area contributed by atoms with Gasteiger partial charge in [0.15, 0.2) is 0 Å². The second-order valence-corrected chi connectivity index (χ2v) is 5.67. The molecule has 2 heterocycles. The third-order valence-electron chi connectivity index (χ3n) is 4.20. The average molecular weight is 306 g/mol. The van der Waals surface area contributed by atoms with Crippen LogP contribution >= 0.6 is 0 Å². The highest BCUT2D eigenvalue weighted by atomic mass is 16.5. The van der Waals surface area contributed by atoms with Crippen LogP contribution in [0.1, 0.15) is 44.9 Å². The van der Waals surface area contributed by atoms with Crippen LogP contribution < -0.4 is 0 Å². The summed E-state index contributed by atoms with van der Waals surface area (Å²) in [4.78, 5) is 14.3. The van der Waals surface area contributed by atoms with Crippen molar-refractivity contribution in [1.29, 1.82) is 0 Å². The van der Waals surface area contributed by atoms with E-state index in [1.54, 1.807) is 12.4 Å². The highest BCUT2D eigenvalue weighted by Crippen LogP contribution is 2.26. The van der Waals surface area contributed by atoms with Gasteiger partial charge in [0.2, 0.25) is 0 Å². The van der Waals surface area contributed by atoms with Crippen molar-refractivity contribution in [2.45, 2.75) is 51.7 Å². The molecule has 0 aliphatic carbocycles. The largest absolute Gasteiger partial charge is 0.368 e. The molecule has 1 saturated heterocycles. The monoisotopic (exact) mass is 306 g/mol. The van der Waals surface area contributed by atoms with Crippen molar-refractivity contribution in [3.05, 3.63) is 24.8 Å². The number of carbonyl (C=O) groups is 1. The highest BCUT2D eigenvalue weighted by Gasteiger charge is 2.28. The number of ether oxygens (including phenoxy) is 1. The average Bonchev–Trinajstić information content (AvgIpc) is 3.03. The van der Waals surface area contributed by atoms with Crippen molar-refractivity contribution in [1.82, 2.24) is 19.7 Å². The maximum Gasteiger partial charge on any atom is 0.251 e. The predicted octanol–water partition coefficient (Wildman–Crippen LogP) is 1.99. The zero-order valence-electron chi connectivity index (χ0n) is 13.6. The molecule has 0 spiro atoms. The molecule has 2 rings (SSSR count). The third-order valence-corrected chi connectivity index (χ3v) is 4.20. The Morgan fingerprint density at radius 2 is 2.27 bits per heavy atom. The molecule has 1 amide bonds. The van der Waals surface area contributed by atoms with Crippen molar-refractivity contribution in [2.24, 2.45) is 0 Å². The lowest BCUT2D eigenvalue weighted by atomic mass is 9.95. The Morgan fingerprint density at radius 1 is 1.55 bits per heavy atom. The molecule has 122 valence electrons. The lowest BCUT2D eigenvalue weighted by Crippen LogP contribution is -2.43. The summed E-state index contributed by atoms with van der Waals surface area (Å²) in [5, 5.41) is 8.24. The Bertz CT molecular complexity index is 492. The summed E-state index contributed by atoms with van der Waals surface area (Å²) in [5.74, 6) is 1.52. The molecule has 0 unspecified atom stereocenters. The highest BCUT2D eigenvalue weighted by molar-refractivity contribution is 5.80. The number of hydrogen-bond donors (Lipinski definition) is 0. The van der Waals surface area contributed by atoms with E-state index in [1.807, 2.05) is 11.8 Å². The van der Waals surface area contributed by atoms with Crippen LogP contribution in [0.4, 0.5) is 0 Å². The first-order valence-electron chi connectivity index (χ1n) is 8.06. The van der Waals surface area contributed by atoms with Gasteiger partial charge >= 0.3 is 0 Å². The fraction of sp³-hybridized carbons (Fsp3) is 0.688. The Kier molecular flexibility index (Phi) is 6.12. The Labute approximate surface area is 132 Å². The zero-order valence-corrected chi connectivity index (χ0v) is 13.6. The van der Waals surface area contributed by atoms with Crippen LogP contribution in [0.25, 0.3) is 0 Å². The maximum atomic E-state index is 12.4. The number of rotatable bonds is 7. The van der Waals surface area contributed by atoms with Crippen LogP contribution in [0, 0.1) is 0 Å². The number of piperidine rings is 1. The van der Waals surface area contributed by atoms with Gasteiger partial charge in [-0.25, -0.2) is 0 Å². The lowest BCUT2D eigenvalue weighted by molar-refractivity contribution is -0.143. The van der Waals surface area contributed by atoms with Gasteiger partial charge in [-0.2, -0.15) is 0 Å². The third kappa shape index (κ3) is 3.94. The predicted molar refractivity (Wildman–Crippen MR) is 84.5 cm³/mol. The van der Waals surface area contributed by atoms with Crippen molar-refractivity contribution >= 4 is 5.91 Å². The lowest BCUT2D eigenvalue weighted by Gasteiger charge is -2.33. The molecule has 0 radical (unpaired) electrons. The molecule has 0 bridgehead atoms. The van der Waals surface area contributed by atoms with E-state index in [4.69, 9.17) is 4.74 Å². The Balaban J connectivity index is 1.83. The van der Waals surface area contributed by atoms with E-state index >= 15 is 0 Å². The molecule has 1 atom stereocenters. The van der Waals surface area contributed by atoms with Gasteiger partial charge in [-0.3, -0.25) is 4.79 Å². The SMILES string of the molecule is C=CCCO[C@@H](C)C(=O)N1CCC(c2nncn2CC)CC1. The summed E-state index contributed by atoms with van der Waals surface area (Å²) < 4.78 is 7.63. The van der Waals surface area contributed by atoms with Gasteiger partial charge in [0.1, 0.15) is 18.3 Å². The standard InChI is InChI=1S/C16H26N4O2/c1-4-6-11-22-13(3)16(21)20-9-7-14(8-10-20)15-18-17-12-19(15)5-2/h4,12-14H,1,5-11H2,2-3H3/t13-/m0/s1. The molecule has 1 aliphatic rings. The number of nitrogens with zero attached hydrogens (tertiary/aromatic N) is 4. The van der Waals surface area contributed by atoms with Crippen LogP contribution in [-0.4, -0.2) is 51.4 Å². The van der Waals surface area contributed by atoms with Gasteiger partial charge in [-0.1, -0.05) is 6.08 Å². The summed E-state index contributed by atoms with van der Waals surface area (Å²) >= 11 is 0. The molecular formula is C16H26N4O2. The van der Waals surface area contributed by atoms with Gasteiger partial charge in [0.25, 0.3) is 5.91 Å². The van der Waals surface area contributed by atoms with Crippen molar-refractivity contribution in [3.63, 3.8) is 0 Å². The summed E-state index contributed by atoms with van der Waals surface area (Å²) in [6.45, 7) is 10.5. The summed E-state index contributed by atoms with van der Waals surface area (Å²) in [7, 11) is 0. The second kappa shape index (κ2) is 8.08. The molecule has 1 aliphatic heterocycles. The molecule has 0 aromatic carbocycles. The quantitative estimate of drug-likeness (QED) is 0.571. The number of aromatic nitrogens is 3. The minimum Gasteiger partial charge on any atom is -0.368 e. The van der Waals surface area contributed by atoms with Gasteiger partial charge in [0, 0.05) is 25.6 Å². The van der Waals surface area contributed by atoms with Crippen LogP contribution in [0.2, 0.25) is 0 Å². The number of aryl methyl sites for hydroxylation is 1. The van der Waals surface area contributed by atoms with E-state index in [-0.39, 0.29) is 12.0 Å². The van der Waals surface area contributed by atoms with Crippen molar-refractivity contribution in [2.75, 3.05) is 19.7 Å². The molecule has 6 heteroatoms. The van der Waals surface area contributed by atoms with Crippen LogP contribution in [0.3, 0.4) is 0 Å². The Morgan fingerprint density at radius 3 is 2.91 bits per heavy atom. The molecule has 1 fully saturated rings. The normalized spacial score (nSPS) is 17.5. The molecule has 1 aromatic heterocycles. The first kappa shape index (κ1) is 16.7. The molecule has 22 heavy (non-hydrogen) atoms. The van der Waals surface area contributed by atoms with E-state index in [2.05, 4.69) is 28.3 Å². The smallest absolute Gasteiger partial charge is 0.251 e. The van der Waals surface area contributed by atoms with Crippen LogP contribution in [0.15, 0.2) is 19.0 Å². The second-order valence-electron chi connectivity index (χ2n) is 5.67. The van der Waals surface area contributed by atoms with Crippen LogP contribution in [-0.2, 0) is 16.1 Å². The van der Waals surface area contributed by atoms with E-state index < -0.39 is 0 Å². The van der Waals surface area contributed by atoms with E-state index in [0.717, 1.165) is 44.7 Å².